The number of amides is 1. The van der Waals surface area contributed by atoms with Gasteiger partial charge in [-0.25, -0.2) is 5.84 Å². The van der Waals surface area contributed by atoms with Crippen molar-refractivity contribution < 1.29 is 14.5 Å². The van der Waals surface area contributed by atoms with Crippen molar-refractivity contribution in [3.63, 3.8) is 0 Å². The van der Waals surface area contributed by atoms with Gasteiger partial charge >= 0.3 is 5.69 Å². The van der Waals surface area contributed by atoms with Gasteiger partial charge < -0.3 is 4.74 Å². The Kier molecular flexibility index (Phi) is 3.78. The highest BCUT2D eigenvalue weighted by Gasteiger charge is 2.17. The van der Waals surface area contributed by atoms with Crippen LogP contribution < -0.4 is 16.0 Å². The number of nitrogen functional groups attached to an aromatic ring is 1. The van der Waals surface area contributed by atoms with Crippen LogP contribution in [0.25, 0.3) is 0 Å². The zero-order valence-corrected chi connectivity index (χ0v) is 8.60. The van der Waals surface area contributed by atoms with Crippen LogP contribution in [0.5, 0.6) is 5.75 Å². The molecule has 0 fully saturated rings. The van der Waals surface area contributed by atoms with E-state index in [1.807, 2.05) is 5.43 Å². The Labute approximate surface area is 91.3 Å². The van der Waals surface area contributed by atoms with Crippen LogP contribution in [0, 0.1) is 10.1 Å². The zero-order valence-electron chi connectivity index (χ0n) is 8.60. The monoisotopic (exact) mass is 225 g/mol. The van der Waals surface area contributed by atoms with Gasteiger partial charge in [0.1, 0.15) is 0 Å². The lowest BCUT2D eigenvalue weighted by molar-refractivity contribution is -0.385. The number of nitrogens with zero attached hydrogens (tertiary/aromatic N) is 1. The molecule has 0 radical (unpaired) electrons. The second-order valence-electron chi connectivity index (χ2n) is 2.85. The number of rotatable bonds is 4. The SMILES string of the molecule is CCOc1cc(C(=O)NN)ccc1[N+](=O)[O-]. The first kappa shape index (κ1) is 11.9. The Balaban J connectivity index is 3.16. The van der Waals surface area contributed by atoms with Gasteiger partial charge in [-0.15, -0.1) is 0 Å². The summed E-state index contributed by atoms with van der Waals surface area (Å²) >= 11 is 0. The summed E-state index contributed by atoms with van der Waals surface area (Å²) in [5, 5.41) is 10.6. The molecule has 0 saturated heterocycles. The van der Waals surface area contributed by atoms with E-state index < -0.39 is 10.8 Å². The minimum Gasteiger partial charge on any atom is -0.487 e. The molecule has 0 bridgehead atoms. The smallest absolute Gasteiger partial charge is 0.310 e. The van der Waals surface area contributed by atoms with Gasteiger partial charge in [0.05, 0.1) is 11.5 Å². The van der Waals surface area contributed by atoms with Crippen LogP contribution in [0.15, 0.2) is 18.2 Å². The fourth-order valence-electron chi connectivity index (χ4n) is 1.16. The molecule has 0 atom stereocenters. The van der Waals surface area contributed by atoms with Crippen molar-refractivity contribution in [3.8, 4) is 5.75 Å². The number of hydrogen-bond acceptors (Lipinski definition) is 5. The third-order valence-corrected chi connectivity index (χ3v) is 1.85. The molecule has 3 N–H and O–H groups in total. The minimum absolute atomic E-state index is 0.0496. The van der Waals surface area contributed by atoms with E-state index in [1.54, 1.807) is 6.92 Å². The topological polar surface area (TPSA) is 107 Å². The number of nitro benzene ring substituents is 1. The molecular formula is C9H11N3O4. The Bertz CT molecular complexity index is 419. The highest BCUT2D eigenvalue weighted by atomic mass is 16.6. The molecule has 1 aromatic carbocycles. The Hall–Kier alpha value is -2.15. The maximum Gasteiger partial charge on any atom is 0.310 e. The Morgan fingerprint density at radius 1 is 1.62 bits per heavy atom. The standard InChI is InChI=1S/C9H11N3O4/c1-2-16-8-5-6(9(13)11-10)3-4-7(8)12(14)15/h3-5H,2,10H2,1H3,(H,11,13). The predicted molar refractivity (Wildman–Crippen MR) is 55.9 cm³/mol. The summed E-state index contributed by atoms with van der Waals surface area (Å²) in [6.07, 6.45) is 0. The van der Waals surface area contributed by atoms with E-state index >= 15 is 0 Å². The molecular weight excluding hydrogens is 214 g/mol. The third kappa shape index (κ3) is 2.45. The minimum atomic E-state index is -0.574. The number of ether oxygens (including phenoxy) is 1. The molecule has 16 heavy (non-hydrogen) atoms. The fraction of sp³-hybridized carbons (Fsp3) is 0.222. The normalized spacial score (nSPS) is 9.62. The Morgan fingerprint density at radius 3 is 2.81 bits per heavy atom. The van der Waals surface area contributed by atoms with Crippen molar-refractivity contribution in [2.45, 2.75) is 6.92 Å². The van der Waals surface area contributed by atoms with Crippen molar-refractivity contribution in [1.29, 1.82) is 0 Å². The summed E-state index contributed by atoms with van der Waals surface area (Å²) in [6, 6.07) is 3.79. The molecule has 1 rings (SSSR count). The van der Waals surface area contributed by atoms with Crippen LogP contribution in [-0.4, -0.2) is 17.4 Å². The van der Waals surface area contributed by atoms with E-state index in [2.05, 4.69) is 0 Å². The first-order valence-corrected chi connectivity index (χ1v) is 4.52. The highest BCUT2D eigenvalue weighted by Crippen LogP contribution is 2.27. The van der Waals surface area contributed by atoms with Gasteiger partial charge in [-0.05, 0) is 13.0 Å². The van der Waals surface area contributed by atoms with Gasteiger partial charge in [-0.3, -0.25) is 20.3 Å². The van der Waals surface area contributed by atoms with Crippen LogP contribution >= 0.6 is 0 Å². The van der Waals surface area contributed by atoms with Gasteiger partial charge in [-0.2, -0.15) is 0 Å². The van der Waals surface area contributed by atoms with Crippen molar-refractivity contribution in [2.24, 2.45) is 5.84 Å². The van der Waals surface area contributed by atoms with E-state index in [-0.39, 0.29) is 23.6 Å². The molecule has 1 amide bonds. The predicted octanol–water partition coefficient (Wildman–Crippen LogP) is 0.597. The molecule has 1 aromatic rings. The molecule has 0 aliphatic heterocycles. The molecule has 0 aliphatic carbocycles. The van der Waals surface area contributed by atoms with Gasteiger partial charge in [0.15, 0.2) is 5.75 Å². The number of nitrogens with one attached hydrogen (secondary N) is 1. The Morgan fingerprint density at radius 2 is 2.31 bits per heavy atom. The number of hydrogen-bond donors (Lipinski definition) is 2. The molecule has 0 aromatic heterocycles. The molecule has 0 spiro atoms. The van der Waals surface area contributed by atoms with Crippen molar-refractivity contribution >= 4 is 11.6 Å². The van der Waals surface area contributed by atoms with Crippen LogP contribution in [0.1, 0.15) is 17.3 Å². The number of nitro groups is 1. The zero-order chi connectivity index (χ0) is 12.1. The lowest BCUT2D eigenvalue weighted by atomic mass is 10.2. The maximum absolute atomic E-state index is 11.2. The van der Waals surface area contributed by atoms with E-state index in [1.165, 1.54) is 18.2 Å². The van der Waals surface area contributed by atoms with Gasteiger partial charge in [0.25, 0.3) is 5.91 Å². The quantitative estimate of drug-likeness (QED) is 0.337. The van der Waals surface area contributed by atoms with E-state index in [9.17, 15) is 14.9 Å². The maximum atomic E-state index is 11.2. The molecule has 0 unspecified atom stereocenters. The summed E-state index contributed by atoms with van der Waals surface area (Å²) < 4.78 is 5.07. The third-order valence-electron chi connectivity index (χ3n) is 1.85. The molecule has 0 saturated carbocycles. The molecule has 0 aliphatic rings. The highest BCUT2D eigenvalue weighted by molar-refractivity contribution is 5.94. The largest absolute Gasteiger partial charge is 0.487 e. The second kappa shape index (κ2) is 5.08. The number of benzene rings is 1. The number of hydrazine groups is 1. The lowest BCUT2D eigenvalue weighted by Gasteiger charge is -2.06. The van der Waals surface area contributed by atoms with Crippen molar-refractivity contribution in [3.05, 3.63) is 33.9 Å². The van der Waals surface area contributed by atoms with Crippen molar-refractivity contribution in [1.82, 2.24) is 5.43 Å². The summed E-state index contributed by atoms with van der Waals surface area (Å²) in [6.45, 7) is 1.97. The summed E-state index contributed by atoms with van der Waals surface area (Å²) in [4.78, 5) is 21.3. The van der Waals surface area contributed by atoms with Crippen LogP contribution in [0.2, 0.25) is 0 Å². The van der Waals surface area contributed by atoms with E-state index in [4.69, 9.17) is 10.6 Å². The first-order chi connectivity index (χ1) is 7.60. The first-order valence-electron chi connectivity index (χ1n) is 4.52. The van der Waals surface area contributed by atoms with Gasteiger partial charge in [-0.1, -0.05) is 0 Å². The average Bonchev–Trinajstić information content (AvgIpc) is 2.28. The number of carbonyl (C=O) groups is 1. The summed E-state index contributed by atoms with van der Waals surface area (Å²) in [5.41, 5.74) is 1.96. The number of nitrogens with two attached hydrogens (primary N) is 1. The molecule has 0 heterocycles. The van der Waals surface area contributed by atoms with Gasteiger partial charge in [0.2, 0.25) is 0 Å². The van der Waals surface area contributed by atoms with Crippen LogP contribution in [0.3, 0.4) is 0 Å². The van der Waals surface area contributed by atoms with E-state index in [0.29, 0.717) is 0 Å². The summed E-state index contributed by atoms with van der Waals surface area (Å²) in [5.74, 6) is 4.47. The molecule has 7 nitrogen and oxygen atoms in total. The average molecular weight is 225 g/mol. The van der Waals surface area contributed by atoms with Crippen molar-refractivity contribution in [2.75, 3.05) is 6.61 Å². The van der Waals surface area contributed by atoms with Crippen LogP contribution in [-0.2, 0) is 0 Å². The second-order valence-corrected chi connectivity index (χ2v) is 2.85. The summed E-state index contributed by atoms with van der Waals surface area (Å²) in [7, 11) is 0. The van der Waals surface area contributed by atoms with Gasteiger partial charge in [0, 0.05) is 17.7 Å². The molecule has 7 heteroatoms. The van der Waals surface area contributed by atoms with E-state index in [0.717, 1.165) is 0 Å². The number of carbonyl (C=O) groups excluding carboxylic acids is 1. The fourth-order valence-corrected chi connectivity index (χ4v) is 1.16. The lowest BCUT2D eigenvalue weighted by Crippen LogP contribution is -2.29. The van der Waals surface area contributed by atoms with Crippen LogP contribution in [0.4, 0.5) is 5.69 Å². The molecule has 86 valence electrons.